The Bertz CT molecular complexity index is 1010. The van der Waals surface area contributed by atoms with Crippen LogP contribution in [0.25, 0.3) is 0 Å². The van der Waals surface area contributed by atoms with Crippen LogP contribution in [0.3, 0.4) is 0 Å². The molecule has 0 amide bonds. The Labute approximate surface area is 199 Å². The highest BCUT2D eigenvalue weighted by atomic mass is 19.4. The normalized spacial score (nSPS) is 14.9. The molecule has 4 rings (SSSR count). The number of imidazole rings is 1. The summed E-state index contributed by atoms with van der Waals surface area (Å²) >= 11 is 0. The van der Waals surface area contributed by atoms with Gasteiger partial charge in [0.1, 0.15) is 5.83 Å². The van der Waals surface area contributed by atoms with Crippen molar-refractivity contribution < 1.29 is 17.6 Å². The maximum Gasteiger partial charge on any atom is 0.415 e. The molecule has 0 atom stereocenters. The van der Waals surface area contributed by atoms with E-state index in [1.807, 2.05) is 37.3 Å². The van der Waals surface area contributed by atoms with Gasteiger partial charge in [-0.15, -0.1) is 0 Å². The average Bonchev–Trinajstić information content (AvgIpc) is 3.34. The van der Waals surface area contributed by atoms with Crippen LogP contribution < -0.4 is 10.9 Å². The van der Waals surface area contributed by atoms with Crippen LogP contribution in [0.15, 0.2) is 85.2 Å². The second-order valence-corrected chi connectivity index (χ2v) is 8.67. The van der Waals surface area contributed by atoms with E-state index in [2.05, 4.69) is 4.98 Å². The molecule has 1 heterocycles. The summed E-state index contributed by atoms with van der Waals surface area (Å²) in [5.74, 6) is 0.181. The monoisotopic (exact) mass is 470 g/mol. The number of allylic oxidation sites excluding steroid dienone is 2. The first kappa shape index (κ1) is 25.8. The van der Waals surface area contributed by atoms with Gasteiger partial charge in [0.05, 0.1) is 18.4 Å². The minimum Gasteiger partial charge on any atom is -0.331 e. The lowest BCUT2D eigenvalue weighted by Gasteiger charge is -2.30. The Hall–Kier alpha value is -2.83. The molecule has 0 aliphatic heterocycles. The largest absolute Gasteiger partial charge is 0.415 e. The molecule has 1 aliphatic rings. The van der Waals surface area contributed by atoms with Gasteiger partial charge < -0.3 is 4.57 Å². The Morgan fingerprint density at radius 1 is 1.03 bits per heavy atom. The third-order valence-corrected chi connectivity index (χ3v) is 6.20. The SMILES string of the molecule is CCC=C(F)Cn1ccnc1.FC(F)(F)c1ccccc1B(c1ccccc1)C1CCCCC1. The summed E-state index contributed by atoms with van der Waals surface area (Å²) < 4.78 is 54.9. The molecule has 2 nitrogen and oxygen atoms in total. The van der Waals surface area contributed by atoms with Gasteiger partial charge >= 0.3 is 6.18 Å². The maximum absolute atomic E-state index is 13.5. The molecule has 7 heteroatoms. The molecular weight excluding hydrogens is 439 g/mol. The summed E-state index contributed by atoms with van der Waals surface area (Å²) in [7, 11) is 0. The van der Waals surface area contributed by atoms with E-state index in [9.17, 15) is 17.6 Å². The molecule has 0 saturated heterocycles. The lowest BCUT2D eigenvalue weighted by molar-refractivity contribution is -0.136. The van der Waals surface area contributed by atoms with Gasteiger partial charge in [-0.2, -0.15) is 13.2 Å². The second kappa shape index (κ2) is 12.6. The lowest BCUT2D eigenvalue weighted by atomic mass is 9.31. The van der Waals surface area contributed by atoms with Gasteiger partial charge in [0.2, 0.25) is 6.71 Å². The van der Waals surface area contributed by atoms with E-state index in [1.54, 1.807) is 41.5 Å². The van der Waals surface area contributed by atoms with Crippen LogP contribution in [0.5, 0.6) is 0 Å². The highest BCUT2D eigenvalue weighted by Crippen LogP contribution is 2.34. The molecule has 180 valence electrons. The van der Waals surface area contributed by atoms with Crippen molar-refractivity contribution >= 4 is 17.6 Å². The summed E-state index contributed by atoms with van der Waals surface area (Å²) in [6.07, 6.45) is 8.41. The second-order valence-electron chi connectivity index (χ2n) is 8.67. The average molecular weight is 470 g/mol. The highest BCUT2D eigenvalue weighted by Gasteiger charge is 2.39. The number of aromatic nitrogens is 2. The molecule has 1 fully saturated rings. The van der Waals surface area contributed by atoms with Crippen molar-refractivity contribution in [2.75, 3.05) is 0 Å². The van der Waals surface area contributed by atoms with Gasteiger partial charge in [0, 0.05) is 12.4 Å². The van der Waals surface area contributed by atoms with E-state index in [4.69, 9.17) is 0 Å². The van der Waals surface area contributed by atoms with Gasteiger partial charge in [-0.05, 0) is 6.42 Å². The lowest BCUT2D eigenvalue weighted by Crippen LogP contribution is -2.49. The van der Waals surface area contributed by atoms with Crippen LogP contribution >= 0.6 is 0 Å². The van der Waals surface area contributed by atoms with E-state index in [0.717, 1.165) is 37.6 Å². The number of hydrogen-bond acceptors (Lipinski definition) is 1. The van der Waals surface area contributed by atoms with Crippen molar-refractivity contribution in [1.82, 2.24) is 9.55 Å². The van der Waals surface area contributed by atoms with E-state index in [1.165, 1.54) is 18.6 Å². The topological polar surface area (TPSA) is 17.8 Å². The summed E-state index contributed by atoms with van der Waals surface area (Å²) in [5, 5.41) is 0. The van der Waals surface area contributed by atoms with Crippen molar-refractivity contribution in [3.8, 4) is 0 Å². The molecule has 0 bridgehead atoms. The predicted molar refractivity (Wildman–Crippen MR) is 131 cm³/mol. The van der Waals surface area contributed by atoms with Gasteiger partial charge in [0.25, 0.3) is 0 Å². The maximum atomic E-state index is 13.5. The first-order valence-electron chi connectivity index (χ1n) is 11.9. The molecule has 1 aliphatic carbocycles. The molecule has 1 aromatic heterocycles. The fourth-order valence-electron chi connectivity index (χ4n) is 4.70. The Kier molecular flexibility index (Phi) is 9.55. The van der Waals surface area contributed by atoms with Gasteiger partial charge in [-0.1, -0.05) is 116 Å². The minimum absolute atomic E-state index is 0.106. The molecule has 34 heavy (non-hydrogen) atoms. The fourth-order valence-corrected chi connectivity index (χ4v) is 4.70. The van der Waals surface area contributed by atoms with Crippen LogP contribution in [0.4, 0.5) is 17.6 Å². The number of rotatable bonds is 6. The Morgan fingerprint density at radius 2 is 1.71 bits per heavy atom. The number of nitrogens with zero attached hydrogens (tertiary/aromatic N) is 2. The van der Waals surface area contributed by atoms with Crippen molar-refractivity contribution in [2.45, 2.75) is 64.0 Å². The molecular formula is C27H31BF4N2. The van der Waals surface area contributed by atoms with Crippen LogP contribution in [0.1, 0.15) is 51.0 Å². The smallest absolute Gasteiger partial charge is 0.331 e. The van der Waals surface area contributed by atoms with E-state index in [0.29, 0.717) is 12.0 Å². The van der Waals surface area contributed by atoms with Crippen LogP contribution in [0, 0.1) is 0 Å². The third kappa shape index (κ3) is 7.34. The van der Waals surface area contributed by atoms with Gasteiger partial charge in [-0.3, -0.25) is 0 Å². The number of hydrogen-bond donors (Lipinski definition) is 0. The molecule has 2 aromatic carbocycles. The van der Waals surface area contributed by atoms with E-state index in [-0.39, 0.29) is 18.4 Å². The number of halogens is 4. The summed E-state index contributed by atoms with van der Waals surface area (Å²) in [5.41, 5.74) is 0.939. The zero-order chi connectivity index (χ0) is 24.4. The standard InChI is InChI=1S/C19H20BF3.C8H11FN2/c21-19(22,23)17-13-7-8-14-18(17)20(15-9-3-1-4-10-15)16-11-5-2-6-12-16;1-2-3-8(9)6-11-5-4-10-7-11/h1,3-4,7-10,13-14,16H,2,5-6,11-12H2;3-5,7H,2,6H2,1H3. The first-order chi connectivity index (χ1) is 16.4. The fraction of sp³-hybridized carbons (Fsp3) is 0.370. The molecule has 0 N–H and O–H groups in total. The Balaban J connectivity index is 0.000000248. The summed E-state index contributed by atoms with van der Waals surface area (Å²) in [4.78, 5) is 3.80. The van der Waals surface area contributed by atoms with Crippen LogP contribution in [-0.2, 0) is 12.7 Å². The Morgan fingerprint density at radius 3 is 2.32 bits per heavy atom. The summed E-state index contributed by atoms with van der Waals surface area (Å²) in [6, 6.07) is 15.8. The van der Waals surface area contributed by atoms with Gasteiger partial charge in [-0.25, -0.2) is 9.37 Å². The summed E-state index contributed by atoms with van der Waals surface area (Å²) in [6.45, 7) is 2.04. The van der Waals surface area contributed by atoms with Crippen molar-refractivity contribution in [3.05, 3.63) is 90.8 Å². The first-order valence-corrected chi connectivity index (χ1v) is 11.9. The number of benzene rings is 2. The van der Waals surface area contributed by atoms with Crippen molar-refractivity contribution in [2.24, 2.45) is 0 Å². The van der Waals surface area contributed by atoms with Crippen molar-refractivity contribution in [3.63, 3.8) is 0 Å². The molecule has 0 radical (unpaired) electrons. The zero-order valence-electron chi connectivity index (χ0n) is 19.5. The predicted octanol–water partition coefficient (Wildman–Crippen LogP) is 6.80. The molecule has 1 saturated carbocycles. The van der Waals surface area contributed by atoms with Crippen LogP contribution in [0.2, 0.25) is 5.82 Å². The quantitative estimate of drug-likeness (QED) is 0.286. The zero-order valence-corrected chi connectivity index (χ0v) is 19.5. The van der Waals surface area contributed by atoms with Crippen molar-refractivity contribution in [1.29, 1.82) is 0 Å². The van der Waals surface area contributed by atoms with Gasteiger partial charge in [0.15, 0.2) is 0 Å². The molecule has 0 unspecified atom stereocenters. The molecule has 3 aromatic rings. The van der Waals surface area contributed by atoms with E-state index >= 15 is 0 Å². The highest BCUT2D eigenvalue weighted by molar-refractivity contribution is 6.86. The molecule has 0 spiro atoms. The van der Waals surface area contributed by atoms with Crippen LogP contribution in [-0.4, -0.2) is 16.3 Å². The minimum atomic E-state index is -4.31. The van der Waals surface area contributed by atoms with E-state index < -0.39 is 11.7 Å². The third-order valence-electron chi connectivity index (χ3n) is 6.20. The number of alkyl halides is 3.